The zero-order valence-corrected chi connectivity index (χ0v) is 8.07. The number of nitrogens with one attached hydrogen (secondary N) is 1. The first-order chi connectivity index (χ1) is 5.95. The minimum atomic E-state index is 1.06. The Kier molecular flexibility index (Phi) is 2.79. The van der Waals surface area contributed by atoms with Crippen LogP contribution in [0.4, 0.5) is 0 Å². The maximum Gasteiger partial charge on any atom is 0.0299 e. The molecular formula is C10H15NS. The fourth-order valence-electron chi connectivity index (χ4n) is 1.34. The summed E-state index contributed by atoms with van der Waals surface area (Å²) in [4.78, 5) is 1.45. The lowest BCUT2D eigenvalue weighted by Crippen LogP contribution is -2.14. The van der Waals surface area contributed by atoms with E-state index in [1.807, 2.05) is 11.3 Å². The summed E-state index contributed by atoms with van der Waals surface area (Å²) in [5.41, 5.74) is 0. The van der Waals surface area contributed by atoms with Crippen molar-refractivity contribution in [3.05, 3.63) is 22.4 Å². The third-order valence-electron chi connectivity index (χ3n) is 2.31. The molecule has 1 fully saturated rings. The van der Waals surface area contributed by atoms with Gasteiger partial charge in [0.1, 0.15) is 0 Å². The highest BCUT2D eigenvalue weighted by molar-refractivity contribution is 7.09. The van der Waals surface area contributed by atoms with Crippen molar-refractivity contribution in [3.8, 4) is 0 Å². The van der Waals surface area contributed by atoms with Crippen LogP contribution in [0.1, 0.15) is 24.1 Å². The second-order valence-corrected chi connectivity index (χ2v) is 4.52. The van der Waals surface area contributed by atoms with Crippen molar-refractivity contribution in [2.45, 2.75) is 25.8 Å². The fourth-order valence-corrected chi connectivity index (χ4v) is 2.01. The molecule has 0 aliphatic heterocycles. The maximum atomic E-state index is 3.47. The Balaban J connectivity index is 1.56. The third-order valence-corrected chi connectivity index (χ3v) is 3.18. The van der Waals surface area contributed by atoms with Gasteiger partial charge in [-0.3, -0.25) is 0 Å². The van der Waals surface area contributed by atoms with E-state index in [9.17, 15) is 0 Å². The molecule has 1 aliphatic carbocycles. The van der Waals surface area contributed by atoms with Crippen LogP contribution in [0.5, 0.6) is 0 Å². The van der Waals surface area contributed by atoms with Gasteiger partial charge in [0.25, 0.3) is 0 Å². The van der Waals surface area contributed by atoms with Crippen molar-refractivity contribution in [1.82, 2.24) is 5.32 Å². The van der Waals surface area contributed by atoms with E-state index >= 15 is 0 Å². The molecular weight excluding hydrogens is 166 g/mol. The summed E-state index contributed by atoms with van der Waals surface area (Å²) < 4.78 is 0. The number of hydrogen-bond acceptors (Lipinski definition) is 2. The van der Waals surface area contributed by atoms with Crippen LogP contribution in [0.15, 0.2) is 17.5 Å². The normalized spacial score (nSPS) is 16.7. The van der Waals surface area contributed by atoms with Gasteiger partial charge in [-0.1, -0.05) is 18.9 Å². The van der Waals surface area contributed by atoms with Crippen molar-refractivity contribution in [2.75, 3.05) is 6.54 Å². The van der Waals surface area contributed by atoms with Crippen molar-refractivity contribution in [3.63, 3.8) is 0 Å². The summed E-state index contributed by atoms with van der Waals surface area (Å²) in [6, 6.07) is 4.30. The Morgan fingerprint density at radius 2 is 2.42 bits per heavy atom. The van der Waals surface area contributed by atoms with Gasteiger partial charge in [-0.15, -0.1) is 11.3 Å². The molecule has 12 heavy (non-hydrogen) atoms. The highest BCUT2D eigenvalue weighted by Gasteiger charge is 2.19. The Bertz CT molecular complexity index is 214. The van der Waals surface area contributed by atoms with Crippen LogP contribution in [-0.2, 0) is 6.54 Å². The molecule has 1 nitrogen and oxygen atoms in total. The molecule has 0 aromatic carbocycles. The summed E-state index contributed by atoms with van der Waals surface area (Å²) in [5.74, 6) is 1.06. The molecule has 0 atom stereocenters. The van der Waals surface area contributed by atoms with Crippen LogP contribution in [0.2, 0.25) is 0 Å². The minimum Gasteiger partial charge on any atom is -0.312 e. The Hall–Kier alpha value is -0.340. The molecule has 2 heteroatoms. The maximum absolute atomic E-state index is 3.47. The van der Waals surface area contributed by atoms with Gasteiger partial charge in [-0.05, 0) is 30.3 Å². The van der Waals surface area contributed by atoms with Gasteiger partial charge >= 0.3 is 0 Å². The smallest absolute Gasteiger partial charge is 0.0299 e. The first kappa shape index (κ1) is 8.27. The summed E-state index contributed by atoms with van der Waals surface area (Å²) >= 11 is 1.83. The molecule has 0 bridgehead atoms. The molecule has 1 aromatic rings. The first-order valence-electron chi connectivity index (χ1n) is 4.68. The van der Waals surface area contributed by atoms with E-state index in [1.54, 1.807) is 0 Å². The Morgan fingerprint density at radius 3 is 3.08 bits per heavy atom. The Morgan fingerprint density at radius 1 is 1.50 bits per heavy atom. The van der Waals surface area contributed by atoms with Gasteiger partial charge < -0.3 is 5.32 Å². The highest BCUT2D eigenvalue weighted by atomic mass is 32.1. The zero-order chi connectivity index (χ0) is 8.23. The van der Waals surface area contributed by atoms with E-state index in [2.05, 4.69) is 22.8 Å². The lowest BCUT2D eigenvalue weighted by molar-refractivity contribution is 0.616. The number of thiophene rings is 1. The van der Waals surface area contributed by atoms with Crippen molar-refractivity contribution >= 4 is 11.3 Å². The molecule has 1 heterocycles. The molecule has 2 rings (SSSR count). The van der Waals surface area contributed by atoms with Crippen LogP contribution in [0.25, 0.3) is 0 Å². The second kappa shape index (κ2) is 4.06. The van der Waals surface area contributed by atoms with Crippen molar-refractivity contribution < 1.29 is 0 Å². The summed E-state index contributed by atoms with van der Waals surface area (Å²) in [6.45, 7) is 2.26. The molecule has 0 unspecified atom stereocenters. The lowest BCUT2D eigenvalue weighted by Gasteiger charge is -2.00. The quantitative estimate of drug-likeness (QED) is 0.689. The van der Waals surface area contributed by atoms with E-state index < -0.39 is 0 Å². The third kappa shape index (κ3) is 2.61. The monoisotopic (exact) mass is 181 g/mol. The molecule has 1 aliphatic rings. The van der Waals surface area contributed by atoms with Crippen LogP contribution in [0, 0.1) is 5.92 Å². The van der Waals surface area contributed by atoms with Gasteiger partial charge in [0, 0.05) is 11.4 Å². The minimum absolute atomic E-state index is 1.06. The summed E-state index contributed by atoms with van der Waals surface area (Å²) in [6.07, 6.45) is 4.33. The van der Waals surface area contributed by atoms with Crippen LogP contribution in [0.3, 0.4) is 0 Å². The standard InChI is InChI=1S/C10H15NS/c1-2-10(12-7-1)8-11-6-5-9-3-4-9/h1-2,7,9,11H,3-6,8H2. The van der Waals surface area contributed by atoms with Crippen molar-refractivity contribution in [1.29, 1.82) is 0 Å². The first-order valence-corrected chi connectivity index (χ1v) is 5.56. The second-order valence-electron chi connectivity index (χ2n) is 3.49. The van der Waals surface area contributed by atoms with Crippen molar-refractivity contribution in [2.24, 2.45) is 5.92 Å². The molecule has 0 amide bonds. The molecule has 1 N–H and O–H groups in total. The topological polar surface area (TPSA) is 12.0 Å². The fraction of sp³-hybridized carbons (Fsp3) is 0.600. The number of hydrogen-bond donors (Lipinski definition) is 1. The van der Waals surface area contributed by atoms with Gasteiger partial charge in [0.2, 0.25) is 0 Å². The van der Waals surface area contributed by atoms with Crippen LogP contribution < -0.4 is 5.32 Å². The van der Waals surface area contributed by atoms with E-state index in [0.717, 1.165) is 12.5 Å². The molecule has 0 saturated heterocycles. The highest BCUT2D eigenvalue weighted by Crippen LogP contribution is 2.31. The van der Waals surface area contributed by atoms with Crippen LogP contribution >= 0.6 is 11.3 Å². The lowest BCUT2D eigenvalue weighted by atomic mass is 10.3. The van der Waals surface area contributed by atoms with Gasteiger partial charge in [-0.2, -0.15) is 0 Å². The molecule has 0 spiro atoms. The number of rotatable bonds is 5. The predicted molar refractivity (Wildman–Crippen MR) is 53.4 cm³/mol. The van der Waals surface area contributed by atoms with E-state index in [-0.39, 0.29) is 0 Å². The zero-order valence-electron chi connectivity index (χ0n) is 7.25. The SMILES string of the molecule is c1csc(CNCCC2CC2)c1. The van der Waals surface area contributed by atoms with Crippen LogP contribution in [-0.4, -0.2) is 6.54 Å². The summed E-state index contributed by atoms with van der Waals surface area (Å²) in [7, 11) is 0. The average molecular weight is 181 g/mol. The predicted octanol–water partition coefficient (Wildman–Crippen LogP) is 2.64. The Labute approximate surface area is 77.8 Å². The van der Waals surface area contributed by atoms with Gasteiger partial charge in [-0.25, -0.2) is 0 Å². The van der Waals surface area contributed by atoms with Gasteiger partial charge in [0.05, 0.1) is 0 Å². The largest absolute Gasteiger partial charge is 0.312 e. The van der Waals surface area contributed by atoms with Gasteiger partial charge in [0.15, 0.2) is 0 Å². The molecule has 0 radical (unpaired) electrons. The van der Waals surface area contributed by atoms with E-state index in [4.69, 9.17) is 0 Å². The van der Waals surface area contributed by atoms with E-state index in [0.29, 0.717) is 0 Å². The summed E-state index contributed by atoms with van der Waals surface area (Å²) in [5, 5.41) is 5.61. The average Bonchev–Trinajstić information content (AvgIpc) is 2.76. The van der Waals surface area contributed by atoms with E-state index in [1.165, 1.54) is 30.7 Å². The molecule has 1 aromatic heterocycles. The molecule has 1 saturated carbocycles. The molecule has 66 valence electrons.